The molecule has 0 fully saturated rings. The Bertz CT molecular complexity index is 227. The molecule has 1 aromatic heterocycles. The highest BCUT2D eigenvalue weighted by Crippen LogP contribution is 2.02. The van der Waals surface area contributed by atoms with Crippen LogP contribution in [-0.2, 0) is 17.6 Å². The van der Waals surface area contributed by atoms with Gasteiger partial charge < -0.3 is 9.15 Å². The molecule has 0 aliphatic carbocycles. The Labute approximate surface area is 75.9 Å². The number of methoxy groups -OCH3 is 1. The summed E-state index contributed by atoms with van der Waals surface area (Å²) in [6.45, 7) is 0.600. The molecular formula is C7H11ClN2O2. The molecule has 0 atom stereocenters. The number of hydrogen-bond donors (Lipinski definition) is 0. The van der Waals surface area contributed by atoms with Crippen molar-refractivity contribution in [2.45, 2.75) is 12.8 Å². The van der Waals surface area contributed by atoms with Crippen LogP contribution in [0.2, 0.25) is 0 Å². The Kier molecular flexibility index (Phi) is 4.04. The first kappa shape index (κ1) is 9.48. The Morgan fingerprint density at radius 1 is 1.33 bits per heavy atom. The second-order valence-electron chi connectivity index (χ2n) is 2.27. The summed E-state index contributed by atoms with van der Waals surface area (Å²) in [5.41, 5.74) is 0. The lowest BCUT2D eigenvalue weighted by Crippen LogP contribution is -1.93. The first-order valence-electron chi connectivity index (χ1n) is 3.73. The predicted octanol–water partition coefficient (Wildman–Crippen LogP) is 1.04. The average Bonchev–Trinajstić information content (AvgIpc) is 2.50. The number of halogens is 1. The molecule has 0 aliphatic heterocycles. The molecule has 0 saturated carbocycles. The van der Waals surface area contributed by atoms with Gasteiger partial charge in [0.15, 0.2) is 0 Å². The van der Waals surface area contributed by atoms with Gasteiger partial charge in [-0.25, -0.2) is 0 Å². The van der Waals surface area contributed by atoms with Gasteiger partial charge in [-0.3, -0.25) is 0 Å². The molecule has 0 amide bonds. The highest BCUT2D eigenvalue weighted by atomic mass is 35.5. The third-order valence-corrected chi connectivity index (χ3v) is 1.53. The predicted molar refractivity (Wildman–Crippen MR) is 44.3 cm³/mol. The maximum atomic E-state index is 5.50. The number of nitrogens with zero attached hydrogens (tertiary/aromatic N) is 2. The van der Waals surface area contributed by atoms with Crippen molar-refractivity contribution in [1.82, 2.24) is 10.2 Å². The molecule has 68 valence electrons. The monoisotopic (exact) mass is 190 g/mol. The number of hydrogen-bond acceptors (Lipinski definition) is 4. The molecule has 0 saturated heterocycles. The van der Waals surface area contributed by atoms with E-state index in [-0.39, 0.29) is 0 Å². The highest BCUT2D eigenvalue weighted by Gasteiger charge is 2.03. The molecule has 0 N–H and O–H groups in total. The van der Waals surface area contributed by atoms with Crippen LogP contribution in [0, 0.1) is 0 Å². The van der Waals surface area contributed by atoms with Gasteiger partial charge >= 0.3 is 0 Å². The van der Waals surface area contributed by atoms with Gasteiger partial charge in [0.05, 0.1) is 6.61 Å². The zero-order valence-electron chi connectivity index (χ0n) is 6.92. The van der Waals surface area contributed by atoms with Crippen molar-refractivity contribution >= 4 is 11.6 Å². The van der Waals surface area contributed by atoms with Crippen molar-refractivity contribution in [2.24, 2.45) is 0 Å². The molecule has 1 heterocycles. The fourth-order valence-corrected chi connectivity index (χ4v) is 0.922. The molecular weight excluding hydrogens is 180 g/mol. The van der Waals surface area contributed by atoms with E-state index in [0.29, 0.717) is 37.1 Å². The minimum absolute atomic E-state index is 0.506. The minimum atomic E-state index is 0.506. The first-order chi connectivity index (χ1) is 5.86. The van der Waals surface area contributed by atoms with E-state index in [0.717, 1.165) is 0 Å². The van der Waals surface area contributed by atoms with Crippen molar-refractivity contribution in [2.75, 3.05) is 19.6 Å². The van der Waals surface area contributed by atoms with Crippen LogP contribution in [0.4, 0.5) is 0 Å². The van der Waals surface area contributed by atoms with Crippen molar-refractivity contribution in [3.8, 4) is 0 Å². The largest absolute Gasteiger partial charge is 0.425 e. The van der Waals surface area contributed by atoms with Crippen LogP contribution >= 0.6 is 11.6 Å². The normalized spacial score (nSPS) is 10.5. The quantitative estimate of drug-likeness (QED) is 0.651. The molecule has 0 aliphatic rings. The van der Waals surface area contributed by atoms with E-state index in [4.69, 9.17) is 20.8 Å². The maximum absolute atomic E-state index is 5.50. The van der Waals surface area contributed by atoms with E-state index in [1.54, 1.807) is 7.11 Å². The SMILES string of the molecule is COCCc1nnc(CCCl)o1. The highest BCUT2D eigenvalue weighted by molar-refractivity contribution is 6.17. The van der Waals surface area contributed by atoms with Crippen LogP contribution in [0.3, 0.4) is 0 Å². The summed E-state index contributed by atoms with van der Waals surface area (Å²) in [5.74, 6) is 1.71. The number of ether oxygens (including phenoxy) is 1. The Morgan fingerprint density at radius 2 is 2.00 bits per heavy atom. The van der Waals surface area contributed by atoms with Crippen LogP contribution < -0.4 is 0 Å². The van der Waals surface area contributed by atoms with E-state index in [2.05, 4.69) is 10.2 Å². The standard InChI is InChI=1S/C7H11ClN2O2/c1-11-5-3-7-10-9-6(12-7)2-4-8/h2-5H2,1H3. The van der Waals surface area contributed by atoms with Gasteiger partial charge in [0.25, 0.3) is 0 Å². The van der Waals surface area contributed by atoms with Crippen LogP contribution in [0.5, 0.6) is 0 Å². The van der Waals surface area contributed by atoms with E-state index in [1.165, 1.54) is 0 Å². The van der Waals surface area contributed by atoms with Crippen molar-refractivity contribution in [1.29, 1.82) is 0 Å². The minimum Gasteiger partial charge on any atom is -0.425 e. The van der Waals surface area contributed by atoms with Crippen molar-refractivity contribution < 1.29 is 9.15 Å². The topological polar surface area (TPSA) is 48.2 Å². The summed E-state index contributed by atoms with van der Waals surface area (Å²) in [4.78, 5) is 0. The van der Waals surface area contributed by atoms with Crippen molar-refractivity contribution in [3.05, 3.63) is 11.8 Å². The molecule has 1 rings (SSSR count). The lowest BCUT2D eigenvalue weighted by atomic mass is 10.4. The third-order valence-electron chi connectivity index (χ3n) is 1.34. The van der Waals surface area contributed by atoms with Crippen LogP contribution in [-0.4, -0.2) is 29.8 Å². The zero-order valence-corrected chi connectivity index (χ0v) is 7.67. The molecule has 0 bridgehead atoms. The lowest BCUT2D eigenvalue weighted by Gasteiger charge is -1.91. The van der Waals surface area contributed by atoms with Crippen molar-refractivity contribution in [3.63, 3.8) is 0 Å². The molecule has 0 spiro atoms. The first-order valence-corrected chi connectivity index (χ1v) is 4.26. The average molecular weight is 191 g/mol. The number of rotatable bonds is 5. The van der Waals surface area contributed by atoms with Gasteiger partial charge in [0.2, 0.25) is 11.8 Å². The molecule has 0 aromatic carbocycles. The van der Waals surface area contributed by atoms with E-state index < -0.39 is 0 Å². The molecule has 1 aromatic rings. The van der Waals surface area contributed by atoms with Crippen LogP contribution in [0.1, 0.15) is 11.8 Å². The molecule has 4 nitrogen and oxygen atoms in total. The zero-order chi connectivity index (χ0) is 8.81. The van der Waals surface area contributed by atoms with E-state index in [9.17, 15) is 0 Å². The summed E-state index contributed by atoms with van der Waals surface area (Å²) in [5, 5.41) is 7.62. The summed E-state index contributed by atoms with van der Waals surface area (Å²) in [6, 6.07) is 0. The number of aryl methyl sites for hydroxylation is 1. The van der Waals surface area contributed by atoms with Crippen LogP contribution in [0.25, 0.3) is 0 Å². The van der Waals surface area contributed by atoms with Gasteiger partial charge in [-0.05, 0) is 0 Å². The molecule has 5 heteroatoms. The molecule has 0 radical (unpaired) electrons. The van der Waals surface area contributed by atoms with Crippen LogP contribution in [0.15, 0.2) is 4.42 Å². The van der Waals surface area contributed by atoms with Gasteiger partial charge in [-0.1, -0.05) is 0 Å². The summed E-state index contributed by atoms with van der Waals surface area (Å²) < 4.78 is 10.1. The number of alkyl halides is 1. The van der Waals surface area contributed by atoms with E-state index >= 15 is 0 Å². The van der Waals surface area contributed by atoms with E-state index in [1.807, 2.05) is 0 Å². The number of aromatic nitrogens is 2. The fourth-order valence-electron chi connectivity index (χ4n) is 0.761. The lowest BCUT2D eigenvalue weighted by molar-refractivity contribution is 0.194. The van der Waals surface area contributed by atoms with Gasteiger partial charge in [-0.15, -0.1) is 21.8 Å². The second-order valence-corrected chi connectivity index (χ2v) is 2.65. The third kappa shape index (κ3) is 2.79. The Balaban J connectivity index is 2.41. The fraction of sp³-hybridized carbons (Fsp3) is 0.714. The Morgan fingerprint density at radius 3 is 2.58 bits per heavy atom. The second kappa shape index (κ2) is 5.11. The summed E-state index contributed by atoms with van der Waals surface area (Å²) in [7, 11) is 1.63. The molecule has 12 heavy (non-hydrogen) atoms. The summed E-state index contributed by atoms with van der Waals surface area (Å²) >= 11 is 5.50. The molecule has 0 unspecified atom stereocenters. The maximum Gasteiger partial charge on any atom is 0.218 e. The van der Waals surface area contributed by atoms with Gasteiger partial charge in [-0.2, -0.15) is 0 Å². The Hall–Kier alpha value is -0.610. The smallest absolute Gasteiger partial charge is 0.218 e. The summed E-state index contributed by atoms with van der Waals surface area (Å²) in [6.07, 6.45) is 1.29. The van der Waals surface area contributed by atoms with Gasteiger partial charge in [0.1, 0.15) is 0 Å². The van der Waals surface area contributed by atoms with Gasteiger partial charge in [0, 0.05) is 25.8 Å².